The number of carbonyl (C=O) groups is 3. The van der Waals surface area contributed by atoms with Gasteiger partial charge in [0.2, 0.25) is 5.91 Å². The molecule has 118 valence electrons. The quantitative estimate of drug-likeness (QED) is 0.731. The monoisotopic (exact) mass is 328 g/mol. The Labute approximate surface area is 130 Å². The second-order valence-electron chi connectivity index (χ2n) is 4.98. The van der Waals surface area contributed by atoms with E-state index in [4.69, 9.17) is 16.7 Å². The van der Waals surface area contributed by atoms with Crippen LogP contribution in [0.3, 0.4) is 0 Å². The van der Waals surface area contributed by atoms with E-state index in [1.807, 2.05) is 0 Å². The number of hydrogen-bond acceptors (Lipinski definition) is 3. The van der Waals surface area contributed by atoms with E-state index in [9.17, 15) is 18.8 Å². The van der Waals surface area contributed by atoms with Crippen molar-refractivity contribution in [3.05, 3.63) is 34.6 Å². The van der Waals surface area contributed by atoms with Crippen LogP contribution in [0.25, 0.3) is 0 Å². The van der Waals surface area contributed by atoms with Crippen molar-refractivity contribution in [2.24, 2.45) is 5.92 Å². The number of aliphatic carboxylic acids is 1. The molecule has 1 aliphatic carbocycles. The highest BCUT2D eigenvalue weighted by molar-refractivity contribution is 6.33. The minimum Gasteiger partial charge on any atom is -0.480 e. The van der Waals surface area contributed by atoms with Gasteiger partial charge in [-0.15, -0.1) is 0 Å². The van der Waals surface area contributed by atoms with E-state index >= 15 is 0 Å². The summed E-state index contributed by atoms with van der Waals surface area (Å²) < 4.78 is 13.6. The van der Waals surface area contributed by atoms with Gasteiger partial charge in [0.05, 0.1) is 10.6 Å². The Morgan fingerprint density at radius 1 is 1.36 bits per heavy atom. The van der Waals surface area contributed by atoms with Crippen LogP contribution in [-0.2, 0) is 9.59 Å². The molecule has 0 unspecified atom stereocenters. The standard InChI is InChI=1S/C14H14ClFN2O4/c15-8-2-1-3-9(16)11(8)13(20)18-10(14(21)22)6-17-12(19)7-4-5-7/h1-3,7,10H,4-6H2,(H,17,19)(H,18,20)(H,21,22)/t10-/m0/s1. The van der Waals surface area contributed by atoms with Crippen LogP contribution in [0.15, 0.2) is 18.2 Å². The van der Waals surface area contributed by atoms with Gasteiger partial charge in [0.15, 0.2) is 0 Å². The lowest BCUT2D eigenvalue weighted by Crippen LogP contribution is -2.48. The molecule has 2 rings (SSSR count). The fourth-order valence-electron chi connectivity index (χ4n) is 1.84. The van der Waals surface area contributed by atoms with Gasteiger partial charge in [-0.05, 0) is 25.0 Å². The van der Waals surface area contributed by atoms with Crippen molar-refractivity contribution < 1.29 is 23.9 Å². The maximum atomic E-state index is 13.6. The van der Waals surface area contributed by atoms with Crippen LogP contribution in [-0.4, -0.2) is 35.5 Å². The summed E-state index contributed by atoms with van der Waals surface area (Å²) in [6, 6.07) is 2.33. The number of carboxylic acids is 1. The highest BCUT2D eigenvalue weighted by atomic mass is 35.5. The number of nitrogens with one attached hydrogen (secondary N) is 2. The molecule has 0 aromatic heterocycles. The van der Waals surface area contributed by atoms with Crippen molar-refractivity contribution in [1.82, 2.24) is 10.6 Å². The van der Waals surface area contributed by atoms with Gasteiger partial charge < -0.3 is 15.7 Å². The van der Waals surface area contributed by atoms with Crippen LogP contribution in [0.1, 0.15) is 23.2 Å². The minimum absolute atomic E-state index is 0.0776. The molecule has 0 bridgehead atoms. The number of carboxylic acid groups (broad SMARTS) is 1. The maximum absolute atomic E-state index is 13.6. The highest BCUT2D eigenvalue weighted by Crippen LogP contribution is 2.28. The third kappa shape index (κ3) is 3.94. The van der Waals surface area contributed by atoms with Gasteiger partial charge in [-0.1, -0.05) is 17.7 Å². The van der Waals surface area contributed by atoms with E-state index in [0.29, 0.717) is 0 Å². The molecule has 0 spiro atoms. The lowest BCUT2D eigenvalue weighted by molar-refractivity contribution is -0.139. The zero-order valence-corrected chi connectivity index (χ0v) is 12.2. The molecule has 8 heteroatoms. The van der Waals surface area contributed by atoms with Crippen LogP contribution in [0.5, 0.6) is 0 Å². The molecule has 1 aromatic rings. The lowest BCUT2D eigenvalue weighted by Gasteiger charge is -2.16. The Morgan fingerprint density at radius 2 is 2.05 bits per heavy atom. The molecule has 1 fully saturated rings. The summed E-state index contributed by atoms with van der Waals surface area (Å²) in [6.45, 7) is -0.275. The molecule has 1 aromatic carbocycles. The largest absolute Gasteiger partial charge is 0.480 e. The van der Waals surface area contributed by atoms with Crippen LogP contribution in [0.4, 0.5) is 4.39 Å². The average Bonchev–Trinajstić information content (AvgIpc) is 3.27. The Balaban J connectivity index is 2.02. The molecule has 6 nitrogen and oxygen atoms in total. The second-order valence-corrected chi connectivity index (χ2v) is 5.39. The normalized spacial score (nSPS) is 15.0. The SMILES string of the molecule is O=C(N[C@@H](CNC(=O)C1CC1)C(=O)O)c1c(F)cccc1Cl. The van der Waals surface area contributed by atoms with Crippen molar-refractivity contribution in [1.29, 1.82) is 0 Å². The minimum atomic E-state index is -1.37. The summed E-state index contributed by atoms with van der Waals surface area (Å²) in [7, 11) is 0. The summed E-state index contributed by atoms with van der Waals surface area (Å²) in [4.78, 5) is 34.6. The fraction of sp³-hybridized carbons (Fsp3) is 0.357. The summed E-state index contributed by atoms with van der Waals surface area (Å²) in [5.41, 5.74) is -0.427. The first kappa shape index (κ1) is 16.2. The van der Waals surface area contributed by atoms with Crippen LogP contribution < -0.4 is 10.6 Å². The van der Waals surface area contributed by atoms with Gasteiger partial charge in [0.1, 0.15) is 11.9 Å². The number of rotatable bonds is 6. The molecule has 0 saturated heterocycles. The molecule has 0 aliphatic heterocycles. The van der Waals surface area contributed by atoms with Crippen molar-refractivity contribution in [2.45, 2.75) is 18.9 Å². The van der Waals surface area contributed by atoms with Crippen molar-refractivity contribution in [3.63, 3.8) is 0 Å². The number of hydrogen-bond donors (Lipinski definition) is 3. The van der Waals surface area contributed by atoms with E-state index in [1.165, 1.54) is 12.1 Å². The second kappa shape index (κ2) is 6.74. The van der Waals surface area contributed by atoms with Gasteiger partial charge in [-0.2, -0.15) is 0 Å². The van der Waals surface area contributed by atoms with E-state index in [1.54, 1.807) is 0 Å². The Hall–Kier alpha value is -2.15. The van der Waals surface area contributed by atoms with Crippen LogP contribution in [0.2, 0.25) is 5.02 Å². The Kier molecular flexibility index (Phi) is 4.97. The van der Waals surface area contributed by atoms with Gasteiger partial charge in [0, 0.05) is 12.5 Å². The third-order valence-corrected chi connectivity index (χ3v) is 3.54. The summed E-state index contributed by atoms with van der Waals surface area (Å²) >= 11 is 5.75. The zero-order chi connectivity index (χ0) is 16.3. The molecule has 0 heterocycles. The summed E-state index contributed by atoms with van der Waals surface area (Å²) in [5.74, 6) is -3.46. The molecule has 22 heavy (non-hydrogen) atoms. The summed E-state index contributed by atoms with van der Waals surface area (Å²) in [6.07, 6.45) is 1.56. The first-order chi connectivity index (χ1) is 10.4. The highest BCUT2D eigenvalue weighted by Gasteiger charge is 2.31. The van der Waals surface area contributed by atoms with Gasteiger partial charge >= 0.3 is 5.97 Å². The van der Waals surface area contributed by atoms with Crippen molar-refractivity contribution in [3.8, 4) is 0 Å². The molecule has 0 radical (unpaired) electrons. The fourth-order valence-corrected chi connectivity index (χ4v) is 2.09. The number of carbonyl (C=O) groups excluding carboxylic acids is 2. The zero-order valence-electron chi connectivity index (χ0n) is 11.4. The van der Waals surface area contributed by atoms with Crippen molar-refractivity contribution >= 4 is 29.4 Å². The van der Waals surface area contributed by atoms with E-state index < -0.39 is 29.3 Å². The molecular weight excluding hydrogens is 315 g/mol. The number of benzene rings is 1. The molecule has 1 atom stereocenters. The first-order valence-electron chi connectivity index (χ1n) is 6.65. The summed E-state index contributed by atoms with van der Waals surface area (Å²) in [5, 5.41) is 13.6. The smallest absolute Gasteiger partial charge is 0.328 e. The Bertz CT molecular complexity index is 599. The molecule has 1 aliphatic rings. The first-order valence-corrected chi connectivity index (χ1v) is 7.03. The van der Waals surface area contributed by atoms with E-state index in [0.717, 1.165) is 18.9 Å². The van der Waals surface area contributed by atoms with Crippen LogP contribution >= 0.6 is 11.6 Å². The number of amides is 2. The molecule has 2 amide bonds. The van der Waals surface area contributed by atoms with E-state index in [-0.39, 0.29) is 23.4 Å². The number of halogens is 2. The third-order valence-electron chi connectivity index (χ3n) is 3.22. The van der Waals surface area contributed by atoms with Gasteiger partial charge in [-0.3, -0.25) is 9.59 Å². The predicted molar refractivity (Wildman–Crippen MR) is 76.0 cm³/mol. The average molecular weight is 329 g/mol. The molecule has 1 saturated carbocycles. The van der Waals surface area contributed by atoms with Crippen molar-refractivity contribution in [2.75, 3.05) is 6.54 Å². The topological polar surface area (TPSA) is 95.5 Å². The molecular formula is C14H14ClFN2O4. The lowest BCUT2D eigenvalue weighted by atomic mass is 10.1. The predicted octanol–water partition coefficient (Wildman–Crippen LogP) is 1.19. The van der Waals surface area contributed by atoms with Gasteiger partial charge in [-0.25, -0.2) is 9.18 Å². The Morgan fingerprint density at radius 3 is 2.59 bits per heavy atom. The van der Waals surface area contributed by atoms with Crippen LogP contribution in [0, 0.1) is 11.7 Å². The maximum Gasteiger partial charge on any atom is 0.328 e. The molecule has 3 N–H and O–H groups in total. The van der Waals surface area contributed by atoms with E-state index in [2.05, 4.69) is 10.6 Å². The van der Waals surface area contributed by atoms with Gasteiger partial charge in [0.25, 0.3) is 5.91 Å².